The Morgan fingerprint density at radius 2 is 1.40 bits per heavy atom. The van der Waals surface area contributed by atoms with Crippen molar-refractivity contribution in [2.24, 2.45) is 29.0 Å². The van der Waals surface area contributed by atoms with Gasteiger partial charge in [0.1, 0.15) is 12.2 Å². The van der Waals surface area contributed by atoms with Crippen molar-refractivity contribution >= 4 is 23.6 Å². The van der Waals surface area contributed by atoms with Crippen LogP contribution in [-0.2, 0) is 19.2 Å². The minimum Gasteiger partial charge on any atom is -0.330 e. The van der Waals surface area contributed by atoms with Crippen LogP contribution in [0.3, 0.4) is 0 Å². The van der Waals surface area contributed by atoms with E-state index in [0.717, 1.165) is 12.8 Å². The average Bonchev–Trinajstić information content (AvgIpc) is 2.81. The normalized spacial score (nSPS) is 22.7. The van der Waals surface area contributed by atoms with Gasteiger partial charge in [-0.15, -0.1) is 0 Å². The van der Waals surface area contributed by atoms with Gasteiger partial charge in [0.15, 0.2) is 0 Å². The second-order valence-corrected chi connectivity index (χ2v) is 10.2. The Kier molecular flexibility index (Phi) is 12.1. The van der Waals surface area contributed by atoms with Crippen LogP contribution in [0.15, 0.2) is 0 Å². The van der Waals surface area contributed by atoms with Crippen LogP contribution in [-0.4, -0.2) is 83.3 Å². The van der Waals surface area contributed by atoms with Crippen LogP contribution in [0.1, 0.15) is 78.1 Å². The molecule has 2 saturated heterocycles. The van der Waals surface area contributed by atoms with Crippen molar-refractivity contribution in [3.63, 3.8) is 0 Å². The van der Waals surface area contributed by atoms with Crippen molar-refractivity contribution < 1.29 is 19.2 Å². The van der Waals surface area contributed by atoms with E-state index in [1.165, 1.54) is 4.90 Å². The molecular formula is C25H46N6O4. The third-order valence-corrected chi connectivity index (χ3v) is 6.93. The lowest BCUT2D eigenvalue weighted by Gasteiger charge is -2.54. The molecule has 0 radical (unpaired) electrons. The van der Waals surface area contributed by atoms with E-state index in [2.05, 4.69) is 13.8 Å². The highest BCUT2D eigenvalue weighted by molar-refractivity contribution is 6.01. The fourth-order valence-electron chi connectivity index (χ4n) is 5.15. The number of amides is 4. The van der Waals surface area contributed by atoms with Gasteiger partial charge in [-0.25, -0.2) is 0 Å². The van der Waals surface area contributed by atoms with Crippen LogP contribution < -0.4 is 17.2 Å². The number of nitrogens with two attached hydrogens (primary N) is 3. The number of hydrogen-bond acceptors (Lipinski definition) is 7. The molecule has 6 N–H and O–H groups in total. The number of piperazine rings is 1. The van der Waals surface area contributed by atoms with Gasteiger partial charge >= 0.3 is 0 Å². The first-order valence-electron chi connectivity index (χ1n) is 13.3. The summed E-state index contributed by atoms with van der Waals surface area (Å²) in [5, 5.41) is 0. The number of carbonyl (C=O) groups excluding carboxylic acids is 4. The fraction of sp³-hybridized carbons (Fsp3) is 0.840. The molecule has 0 aromatic carbocycles. The molecule has 0 aliphatic carbocycles. The van der Waals surface area contributed by atoms with Crippen molar-refractivity contribution in [3.05, 3.63) is 0 Å². The maximum Gasteiger partial charge on any atom is 0.252 e. The van der Waals surface area contributed by atoms with Gasteiger partial charge in [0, 0.05) is 19.4 Å². The van der Waals surface area contributed by atoms with Crippen molar-refractivity contribution in [2.75, 3.05) is 32.7 Å². The first kappa shape index (κ1) is 29.2. The van der Waals surface area contributed by atoms with Crippen molar-refractivity contribution in [1.29, 1.82) is 0 Å². The van der Waals surface area contributed by atoms with E-state index in [9.17, 15) is 19.2 Å². The summed E-state index contributed by atoms with van der Waals surface area (Å²) >= 11 is 0. The number of rotatable bonds is 14. The first-order valence-corrected chi connectivity index (χ1v) is 13.3. The zero-order valence-electron chi connectivity index (χ0n) is 21.6. The lowest BCUT2D eigenvalue weighted by Crippen LogP contribution is -2.73. The van der Waals surface area contributed by atoms with Gasteiger partial charge in [0.05, 0.1) is 12.5 Å². The lowest BCUT2D eigenvalue weighted by molar-refractivity contribution is -0.182. The van der Waals surface area contributed by atoms with Gasteiger partial charge in [-0.3, -0.25) is 24.1 Å². The van der Waals surface area contributed by atoms with Gasteiger partial charge in [0.25, 0.3) is 5.91 Å². The smallest absolute Gasteiger partial charge is 0.252 e. The Hall–Kier alpha value is -2.04. The number of hydrogen-bond donors (Lipinski definition) is 3. The molecular weight excluding hydrogens is 448 g/mol. The molecule has 0 aromatic rings. The van der Waals surface area contributed by atoms with E-state index in [4.69, 9.17) is 17.2 Å². The Balaban J connectivity index is 2.38. The molecule has 0 spiro atoms. The highest BCUT2D eigenvalue weighted by Crippen LogP contribution is 2.33. The van der Waals surface area contributed by atoms with Crippen LogP contribution in [0, 0.1) is 11.8 Å². The van der Waals surface area contributed by atoms with Gasteiger partial charge in [0.2, 0.25) is 17.7 Å². The van der Waals surface area contributed by atoms with E-state index in [1.54, 1.807) is 9.80 Å². The predicted molar refractivity (Wildman–Crippen MR) is 135 cm³/mol. The Labute approximate surface area is 209 Å². The number of carbonyl (C=O) groups is 4. The molecule has 2 aliphatic heterocycles. The monoisotopic (exact) mass is 494 g/mol. The molecule has 3 atom stereocenters. The van der Waals surface area contributed by atoms with Crippen LogP contribution in [0.25, 0.3) is 0 Å². The Bertz CT molecular complexity index is 731. The minimum atomic E-state index is -0.763. The summed E-state index contributed by atoms with van der Waals surface area (Å²) in [7, 11) is 0. The molecule has 4 amide bonds. The number of fused-ring (bicyclic) bond motifs is 1. The van der Waals surface area contributed by atoms with E-state index >= 15 is 0 Å². The zero-order valence-corrected chi connectivity index (χ0v) is 21.6. The first-order chi connectivity index (χ1) is 16.8. The van der Waals surface area contributed by atoms with E-state index in [1.807, 2.05) is 0 Å². The van der Waals surface area contributed by atoms with Crippen molar-refractivity contribution in [3.8, 4) is 0 Å². The van der Waals surface area contributed by atoms with E-state index in [-0.39, 0.29) is 48.4 Å². The molecule has 35 heavy (non-hydrogen) atoms. The quantitative estimate of drug-likeness (QED) is 0.301. The van der Waals surface area contributed by atoms with Gasteiger partial charge in [-0.2, -0.15) is 0 Å². The second kappa shape index (κ2) is 14.5. The molecule has 0 aromatic heterocycles. The third-order valence-electron chi connectivity index (χ3n) is 6.93. The molecule has 2 heterocycles. The third kappa shape index (κ3) is 7.72. The molecule has 0 bridgehead atoms. The van der Waals surface area contributed by atoms with Crippen LogP contribution in [0.5, 0.6) is 0 Å². The van der Waals surface area contributed by atoms with E-state index in [0.29, 0.717) is 71.1 Å². The maximum absolute atomic E-state index is 13.7. The zero-order chi connectivity index (χ0) is 26.0. The summed E-state index contributed by atoms with van der Waals surface area (Å²) in [6.45, 7) is 5.93. The maximum atomic E-state index is 13.7. The predicted octanol–water partition coefficient (Wildman–Crippen LogP) is 0.770. The molecule has 0 unspecified atom stereocenters. The van der Waals surface area contributed by atoms with Gasteiger partial charge in [-0.05, 0) is 76.9 Å². The summed E-state index contributed by atoms with van der Waals surface area (Å²) < 4.78 is 0. The number of nitrogens with zero attached hydrogens (tertiary/aromatic N) is 3. The van der Waals surface area contributed by atoms with E-state index < -0.39 is 12.2 Å². The van der Waals surface area contributed by atoms with Gasteiger partial charge in [-0.1, -0.05) is 13.8 Å². The Morgan fingerprint density at radius 3 is 1.97 bits per heavy atom. The van der Waals surface area contributed by atoms with Crippen LogP contribution in [0.4, 0.5) is 0 Å². The molecule has 2 fully saturated rings. The van der Waals surface area contributed by atoms with Crippen molar-refractivity contribution in [2.45, 2.75) is 90.3 Å². The highest BCUT2D eigenvalue weighted by Gasteiger charge is 2.52. The minimum absolute atomic E-state index is 0.0243. The SMILES string of the molecule is CC(C)C[C@@H]1CN(C(=O)CCCCN)[C@H]2CN(C(=O)CCCCN)C(=O)[C@@H](CCCCN)N2C1=O. The van der Waals surface area contributed by atoms with Gasteiger partial charge < -0.3 is 27.0 Å². The van der Waals surface area contributed by atoms with Crippen molar-refractivity contribution in [1.82, 2.24) is 14.7 Å². The largest absolute Gasteiger partial charge is 0.330 e. The fourth-order valence-corrected chi connectivity index (χ4v) is 5.15. The molecule has 2 rings (SSSR count). The van der Waals surface area contributed by atoms with Crippen LogP contribution >= 0.6 is 0 Å². The number of imide groups is 1. The summed E-state index contributed by atoms with van der Waals surface area (Å²) in [6.07, 6.45) is 5.09. The molecule has 10 nitrogen and oxygen atoms in total. The second-order valence-electron chi connectivity index (χ2n) is 10.2. The summed E-state index contributed by atoms with van der Waals surface area (Å²) in [6, 6.07) is -0.763. The molecule has 200 valence electrons. The molecule has 0 saturated carbocycles. The van der Waals surface area contributed by atoms with Crippen LogP contribution in [0.2, 0.25) is 0 Å². The molecule has 2 aliphatic rings. The molecule has 10 heteroatoms. The summed E-state index contributed by atoms with van der Waals surface area (Å²) in [4.78, 5) is 58.2. The lowest BCUT2D eigenvalue weighted by atomic mass is 9.89. The highest BCUT2D eigenvalue weighted by atomic mass is 16.2. The Morgan fingerprint density at radius 1 is 0.829 bits per heavy atom. The average molecular weight is 495 g/mol. The standard InChI is InChI=1S/C25H46N6O4/c1-18(2)15-19-16-29(22(32)10-4-7-13-27)21-17-30(23(33)11-5-8-14-28)25(35)20(9-3-6-12-26)31(21)24(19)34/h18-21H,3-17,26-28H2,1-2H3/t19-,20-,21-/m1/s1. The number of unbranched alkanes of at least 4 members (excludes halogenated alkanes) is 3. The summed E-state index contributed by atoms with van der Waals surface area (Å²) in [5.74, 6) is -0.839. The topological polar surface area (TPSA) is 156 Å². The summed E-state index contributed by atoms with van der Waals surface area (Å²) in [5.41, 5.74) is 16.9.